The van der Waals surface area contributed by atoms with Crippen molar-refractivity contribution in [3.8, 4) is 29.1 Å². The molecule has 2 aromatic carbocycles. The second-order valence-electron chi connectivity index (χ2n) is 6.49. The molecule has 7 heteroatoms. The van der Waals surface area contributed by atoms with Crippen LogP contribution in [0.3, 0.4) is 0 Å². The first-order chi connectivity index (χ1) is 13.5. The van der Waals surface area contributed by atoms with Crippen LogP contribution in [0.25, 0.3) is 17.0 Å². The molecule has 1 aliphatic heterocycles. The summed E-state index contributed by atoms with van der Waals surface area (Å²) in [6.45, 7) is 0.584. The molecule has 0 amide bonds. The standard InChI is InChI=1S/C21H16N2O5/c22-6-1-2-7-23-11-12(19-14(23)4-3-5-15(19)25)8-18-21(27)20-16(26)9-13(24)10-17(20)28-18/h3-5,8-11,24-26H,1-2,7H2. The third-order valence-corrected chi connectivity index (χ3v) is 4.62. The highest BCUT2D eigenvalue weighted by molar-refractivity contribution is 6.17. The number of ketones is 1. The van der Waals surface area contributed by atoms with E-state index in [1.165, 1.54) is 12.1 Å². The number of unbranched alkanes of at least 4 members (excludes halogenated alkanes) is 1. The molecule has 0 bridgehead atoms. The molecule has 0 atom stereocenters. The van der Waals surface area contributed by atoms with Crippen LogP contribution in [0, 0.1) is 11.3 Å². The van der Waals surface area contributed by atoms with E-state index in [9.17, 15) is 20.1 Å². The maximum Gasteiger partial charge on any atom is 0.235 e. The lowest BCUT2D eigenvalue weighted by Crippen LogP contribution is -1.98. The van der Waals surface area contributed by atoms with Crippen molar-refractivity contribution in [2.24, 2.45) is 0 Å². The fourth-order valence-corrected chi connectivity index (χ4v) is 3.41. The number of benzene rings is 2. The lowest BCUT2D eigenvalue weighted by molar-refractivity contribution is 0.101. The van der Waals surface area contributed by atoms with Crippen LogP contribution in [-0.2, 0) is 6.54 Å². The Hall–Kier alpha value is -3.92. The number of phenols is 3. The Bertz CT molecular complexity index is 1180. The van der Waals surface area contributed by atoms with E-state index in [0.29, 0.717) is 30.3 Å². The van der Waals surface area contributed by atoms with E-state index >= 15 is 0 Å². The first-order valence-electron chi connectivity index (χ1n) is 8.67. The van der Waals surface area contributed by atoms with Crippen molar-refractivity contribution in [3.63, 3.8) is 0 Å². The summed E-state index contributed by atoms with van der Waals surface area (Å²) < 4.78 is 7.45. The molecule has 0 radical (unpaired) electrons. The molecule has 2 heterocycles. The summed E-state index contributed by atoms with van der Waals surface area (Å²) in [5, 5.41) is 39.2. The molecule has 7 nitrogen and oxygen atoms in total. The Labute approximate surface area is 159 Å². The van der Waals surface area contributed by atoms with Gasteiger partial charge in [-0.1, -0.05) is 6.07 Å². The van der Waals surface area contributed by atoms with Crippen LogP contribution in [0.4, 0.5) is 0 Å². The van der Waals surface area contributed by atoms with Crippen LogP contribution in [0.2, 0.25) is 0 Å². The molecular weight excluding hydrogens is 360 g/mol. The van der Waals surface area contributed by atoms with Gasteiger partial charge in [0.15, 0.2) is 5.76 Å². The molecular formula is C21H16N2O5. The summed E-state index contributed by atoms with van der Waals surface area (Å²) in [6.07, 6.45) is 4.35. The number of carbonyl (C=O) groups is 1. The molecule has 0 aliphatic carbocycles. The highest BCUT2D eigenvalue weighted by Crippen LogP contribution is 2.41. The molecule has 28 heavy (non-hydrogen) atoms. The number of fused-ring (bicyclic) bond motifs is 2. The molecule has 3 N–H and O–H groups in total. The number of Topliss-reactive ketones (excluding diaryl/α,β-unsaturated/α-hetero) is 1. The van der Waals surface area contributed by atoms with Crippen molar-refractivity contribution in [2.45, 2.75) is 19.4 Å². The van der Waals surface area contributed by atoms with Gasteiger partial charge in [-0.05, 0) is 24.6 Å². The minimum Gasteiger partial charge on any atom is -0.508 e. The van der Waals surface area contributed by atoms with Crippen molar-refractivity contribution >= 4 is 22.8 Å². The van der Waals surface area contributed by atoms with Gasteiger partial charge in [0.25, 0.3) is 0 Å². The summed E-state index contributed by atoms with van der Waals surface area (Å²) in [5.41, 5.74) is 1.34. The highest BCUT2D eigenvalue weighted by Gasteiger charge is 2.31. The monoisotopic (exact) mass is 376 g/mol. The topological polar surface area (TPSA) is 116 Å². The van der Waals surface area contributed by atoms with E-state index in [4.69, 9.17) is 10.00 Å². The summed E-state index contributed by atoms with van der Waals surface area (Å²) in [7, 11) is 0. The molecule has 0 spiro atoms. The van der Waals surface area contributed by atoms with Gasteiger partial charge in [0.2, 0.25) is 5.78 Å². The number of nitrogens with zero attached hydrogens (tertiary/aromatic N) is 2. The smallest absolute Gasteiger partial charge is 0.235 e. The zero-order valence-corrected chi connectivity index (χ0v) is 14.7. The number of carbonyl (C=O) groups excluding carboxylic acids is 1. The van der Waals surface area contributed by atoms with Gasteiger partial charge >= 0.3 is 0 Å². The first-order valence-corrected chi connectivity index (χ1v) is 8.67. The summed E-state index contributed by atoms with van der Waals surface area (Å²) in [6, 6.07) is 9.57. The number of aryl methyl sites for hydroxylation is 1. The Morgan fingerprint density at radius 2 is 2.00 bits per heavy atom. The second-order valence-corrected chi connectivity index (χ2v) is 6.49. The van der Waals surface area contributed by atoms with Crippen LogP contribution >= 0.6 is 0 Å². The molecule has 0 unspecified atom stereocenters. The number of ether oxygens (including phenoxy) is 1. The largest absolute Gasteiger partial charge is 0.508 e. The second kappa shape index (κ2) is 6.67. The molecule has 4 rings (SSSR count). The zero-order valence-electron chi connectivity index (χ0n) is 14.7. The Balaban J connectivity index is 1.79. The van der Waals surface area contributed by atoms with Gasteiger partial charge in [0, 0.05) is 42.2 Å². The van der Waals surface area contributed by atoms with Crippen molar-refractivity contribution in [2.75, 3.05) is 0 Å². The predicted octanol–water partition coefficient (Wildman–Crippen LogP) is 3.68. The van der Waals surface area contributed by atoms with Crippen LogP contribution in [0.15, 0.2) is 42.3 Å². The molecule has 140 valence electrons. The normalized spacial score (nSPS) is 14.2. The fraction of sp³-hybridized carbons (Fsp3) is 0.143. The van der Waals surface area contributed by atoms with Crippen molar-refractivity contribution in [1.82, 2.24) is 4.57 Å². The first kappa shape index (κ1) is 17.5. The SMILES string of the molecule is N#CCCCn1cc(C=C2Oc3cc(O)cc(O)c3C2=O)c2c(O)cccc21. The van der Waals surface area contributed by atoms with Gasteiger partial charge in [0.05, 0.1) is 11.6 Å². The van der Waals surface area contributed by atoms with Crippen LogP contribution in [-0.4, -0.2) is 25.7 Å². The molecule has 0 fully saturated rings. The molecule has 1 aromatic heterocycles. The van der Waals surface area contributed by atoms with Crippen LogP contribution in [0.1, 0.15) is 28.8 Å². The van der Waals surface area contributed by atoms with Crippen molar-refractivity contribution in [3.05, 3.63) is 53.4 Å². The Morgan fingerprint density at radius 3 is 2.79 bits per heavy atom. The molecule has 0 saturated carbocycles. The number of hydrogen-bond acceptors (Lipinski definition) is 6. The highest BCUT2D eigenvalue weighted by atomic mass is 16.5. The minimum absolute atomic E-state index is 0.00831. The average Bonchev–Trinajstić information content (AvgIpc) is 3.14. The molecule has 1 aliphatic rings. The summed E-state index contributed by atoms with van der Waals surface area (Å²) >= 11 is 0. The van der Waals surface area contributed by atoms with E-state index in [2.05, 4.69) is 6.07 Å². The Morgan fingerprint density at radius 1 is 1.18 bits per heavy atom. The van der Waals surface area contributed by atoms with Gasteiger partial charge in [-0.25, -0.2) is 0 Å². The minimum atomic E-state index is -0.506. The van der Waals surface area contributed by atoms with E-state index in [1.807, 2.05) is 10.6 Å². The number of nitriles is 1. The summed E-state index contributed by atoms with van der Waals surface area (Å²) in [5.74, 6) is -0.951. The summed E-state index contributed by atoms with van der Waals surface area (Å²) in [4.78, 5) is 12.6. The third kappa shape index (κ3) is 2.81. The van der Waals surface area contributed by atoms with Gasteiger partial charge < -0.3 is 24.6 Å². The number of phenolic OH excluding ortho intramolecular Hbond substituents is 3. The predicted molar refractivity (Wildman–Crippen MR) is 101 cm³/mol. The zero-order chi connectivity index (χ0) is 19.8. The van der Waals surface area contributed by atoms with Gasteiger partial charge in [-0.15, -0.1) is 0 Å². The van der Waals surface area contributed by atoms with E-state index in [-0.39, 0.29) is 34.3 Å². The lowest BCUT2D eigenvalue weighted by atomic mass is 10.1. The lowest BCUT2D eigenvalue weighted by Gasteiger charge is -2.03. The Kier molecular flexibility index (Phi) is 4.17. The van der Waals surface area contributed by atoms with Crippen molar-refractivity contribution < 1.29 is 24.9 Å². The maximum atomic E-state index is 12.6. The average molecular weight is 376 g/mol. The number of rotatable bonds is 4. The molecule has 3 aromatic rings. The van der Waals surface area contributed by atoms with Gasteiger partial charge in [0.1, 0.15) is 28.6 Å². The number of hydrogen-bond donors (Lipinski definition) is 3. The van der Waals surface area contributed by atoms with Crippen LogP contribution < -0.4 is 4.74 Å². The van der Waals surface area contributed by atoms with Gasteiger partial charge in [-0.3, -0.25) is 4.79 Å². The van der Waals surface area contributed by atoms with E-state index < -0.39 is 5.78 Å². The van der Waals surface area contributed by atoms with Crippen LogP contribution in [0.5, 0.6) is 23.0 Å². The number of aromatic nitrogens is 1. The number of aromatic hydroxyl groups is 3. The fourth-order valence-electron chi connectivity index (χ4n) is 3.41. The maximum absolute atomic E-state index is 12.6. The van der Waals surface area contributed by atoms with E-state index in [0.717, 1.165) is 11.6 Å². The van der Waals surface area contributed by atoms with E-state index in [1.54, 1.807) is 18.3 Å². The van der Waals surface area contributed by atoms with Gasteiger partial charge in [-0.2, -0.15) is 5.26 Å². The molecule has 0 saturated heterocycles. The van der Waals surface area contributed by atoms with Crippen molar-refractivity contribution in [1.29, 1.82) is 5.26 Å². The third-order valence-electron chi connectivity index (χ3n) is 4.62. The number of allylic oxidation sites excluding steroid dienone is 1. The quantitative estimate of drug-likeness (QED) is 0.472.